The average Bonchev–Trinajstić information content (AvgIpc) is 0.970. The minimum absolute atomic E-state index is 0.0461. The monoisotopic (exact) mass is 1450 g/mol. The van der Waals surface area contributed by atoms with Crippen molar-refractivity contribution in [3.8, 4) is 0 Å². The number of nitrogens with two attached hydrogens (primary N) is 1. The first-order chi connectivity index (χ1) is 50.8. The lowest BCUT2D eigenvalue weighted by Crippen LogP contribution is -2.29. The van der Waals surface area contributed by atoms with Crippen molar-refractivity contribution in [2.75, 3.05) is 26.4 Å². The first-order valence-corrected chi connectivity index (χ1v) is 44.5. The molecule has 2 atom stereocenters. The third-order valence-corrected chi connectivity index (χ3v) is 19.4. The average molecular weight is 1450 g/mol. The molecule has 0 fully saturated rings. The summed E-state index contributed by atoms with van der Waals surface area (Å²) in [6, 6.07) is 0. The van der Waals surface area contributed by atoms with Crippen LogP contribution in [0.2, 0.25) is 0 Å². The van der Waals surface area contributed by atoms with E-state index in [1.165, 1.54) is 231 Å². The smallest absolute Gasteiger partial charge is 0.462 e. The van der Waals surface area contributed by atoms with Crippen LogP contribution in [-0.4, -0.2) is 49.3 Å². The Morgan fingerprint density at radius 1 is 0.301 bits per heavy atom. The lowest BCUT2D eigenvalue weighted by molar-refractivity contribution is -0.161. The highest BCUT2D eigenvalue weighted by Gasteiger charge is 2.26. The Hall–Kier alpha value is -4.37. The predicted octanol–water partition coefficient (Wildman–Crippen LogP) is 29.4. The molecule has 0 aromatic carbocycles. The van der Waals surface area contributed by atoms with Crippen molar-refractivity contribution in [3.05, 3.63) is 158 Å². The van der Waals surface area contributed by atoms with Gasteiger partial charge in [0.1, 0.15) is 6.61 Å². The first-order valence-electron chi connectivity index (χ1n) is 43.0. The van der Waals surface area contributed by atoms with E-state index in [4.69, 9.17) is 24.3 Å². The molecule has 0 rings (SSSR count). The minimum Gasteiger partial charge on any atom is -0.462 e. The van der Waals surface area contributed by atoms with Crippen LogP contribution in [0.3, 0.4) is 0 Å². The van der Waals surface area contributed by atoms with Gasteiger partial charge in [-0.25, -0.2) is 4.57 Å². The van der Waals surface area contributed by atoms with E-state index in [0.29, 0.717) is 6.42 Å². The molecule has 0 heterocycles. The summed E-state index contributed by atoms with van der Waals surface area (Å²) in [6.45, 7) is 3.64. The van der Waals surface area contributed by atoms with Crippen LogP contribution in [0.4, 0.5) is 0 Å². The second-order valence-corrected chi connectivity index (χ2v) is 29.8. The summed E-state index contributed by atoms with van der Waals surface area (Å²) in [4.78, 5) is 35.5. The number of unbranched alkanes of at least 4 members (excludes halogenated alkanes) is 41. The van der Waals surface area contributed by atoms with Crippen LogP contribution in [0.1, 0.15) is 386 Å². The Balaban J connectivity index is 3.84. The molecule has 2 unspecified atom stereocenters. The van der Waals surface area contributed by atoms with Crippen LogP contribution < -0.4 is 5.73 Å². The maximum Gasteiger partial charge on any atom is 0.472 e. The van der Waals surface area contributed by atoms with Crippen molar-refractivity contribution in [3.63, 3.8) is 0 Å². The second-order valence-electron chi connectivity index (χ2n) is 28.3. The fourth-order valence-corrected chi connectivity index (χ4v) is 12.9. The van der Waals surface area contributed by atoms with Crippen LogP contribution in [-0.2, 0) is 32.7 Å². The summed E-state index contributed by atoms with van der Waals surface area (Å²) in [5.41, 5.74) is 5.42. The summed E-state index contributed by atoms with van der Waals surface area (Å²) in [5, 5.41) is 0. The van der Waals surface area contributed by atoms with E-state index in [1.54, 1.807) is 0 Å². The largest absolute Gasteiger partial charge is 0.472 e. The van der Waals surface area contributed by atoms with E-state index in [9.17, 15) is 19.0 Å². The maximum atomic E-state index is 12.8. The maximum absolute atomic E-state index is 12.8. The summed E-state index contributed by atoms with van der Waals surface area (Å²) < 4.78 is 33.3. The van der Waals surface area contributed by atoms with E-state index in [2.05, 4.69) is 172 Å². The molecule has 0 aromatic rings. The molecule has 0 radical (unpaired) electrons. The van der Waals surface area contributed by atoms with Gasteiger partial charge in [0.2, 0.25) is 0 Å². The number of allylic oxidation sites excluding steroid dienone is 26. The van der Waals surface area contributed by atoms with Crippen LogP contribution in [0.15, 0.2) is 158 Å². The Bertz CT molecular complexity index is 2260. The normalized spacial score (nSPS) is 13.6. The van der Waals surface area contributed by atoms with Crippen molar-refractivity contribution < 1.29 is 37.6 Å². The van der Waals surface area contributed by atoms with E-state index >= 15 is 0 Å². The number of ether oxygens (including phenoxy) is 2. The van der Waals surface area contributed by atoms with E-state index in [1.807, 2.05) is 0 Å². The number of phosphoric ester groups is 1. The minimum atomic E-state index is -4.41. The number of hydrogen-bond acceptors (Lipinski definition) is 8. The molecular weight excluding hydrogens is 1290 g/mol. The zero-order chi connectivity index (χ0) is 74.3. The van der Waals surface area contributed by atoms with Gasteiger partial charge in [-0.1, -0.05) is 403 Å². The molecular formula is C93H160NO8P. The zero-order valence-electron chi connectivity index (χ0n) is 66.8. The molecule has 0 aliphatic carbocycles. The van der Waals surface area contributed by atoms with Crippen LogP contribution in [0.5, 0.6) is 0 Å². The Morgan fingerprint density at radius 2 is 0.534 bits per heavy atom. The van der Waals surface area contributed by atoms with Gasteiger partial charge in [-0.2, -0.15) is 0 Å². The highest BCUT2D eigenvalue weighted by Crippen LogP contribution is 2.43. The van der Waals surface area contributed by atoms with Crippen molar-refractivity contribution >= 4 is 19.8 Å². The molecule has 0 bridgehead atoms. The van der Waals surface area contributed by atoms with Gasteiger partial charge in [0.05, 0.1) is 13.2 Å². The van der Waals surface area contributed by atoms with Crippen LogP contribution in [0.25, 0.3) is 0 Å². The number of esters is 2. The van der Waals surface area contributed by atoms with Gasteiger partial charge in [0, 0.05) is 19.4 Å². The lowest BCUT2D eigenvalue weighted by Gasteiger charge is -2.19. The summed E-state index contributed by atoms with van der Waals surface area (Å²) in [7, 11) is -4.41. The standard InChI is InChI=1S/C93H160NO8P/c1-3-5-7-9-11-13-15-17-19-21-23-25-27-29-31-33-35-37-39-41-43-45-47-49-51-53-55-57-59-61-63-65-67-69-71-73-75-77-79-81-83-85-92(95)99-89-91(90-101-103(97,98)100-88-87-94)102-93(96)86-84-82-80-78-76-74-72-70-68-66-64-62-60-58-56-54-52-50-48-46-44-42-40-38-36-34-32-30-28-26-24-22-20-18-16-14-12-10-8-6-4-2/h6,8,12,14-15,17-18,20-21,23-24,26,30,32,36,38,42,44,48,50,54,56,60,62,66,68,91H,3-5,7,9-11,13,16,19,22,25,27-29,31,33-35,37,39-41,43,45-47,49,51-53,55,57-59,61,63-65,67,69-90,94H2,1-2H3,(H,97,98)/b8-6-,14-12-,17-15-,20-18-,23-21-,26-24-,32-30-,38-36-,44-42-,50-48-,56-54-,62-60-,68-66-. The molecule has 590 valence electrons. The fourth-order valence-electron chi connectivity index (χ4n) is 12.1. The Labute approximate surface area is 636 Å². The molecule has 9 nitrogen and oxygen atoms in total. The van der Waals surface area contributed by atoms with Gasteiger partial charge in [0.15, 0.2) is 6.10 Å². The Morgan fingerprint density at radius 3 is 0.796 bits per heavy atom. The zero-order valence-corrected chi connectivity index (χ0v) is 67.7. The van der Waals surface area contributed by atoms with E-state index in [0.717, 1.165) is 122 Å². The number of phosphoric acid groups is 1. The van der Waals surface area contributed by atoms with Crippen molar-refractivity contribution in [2.24, 2.45) is 5.73 Å². The van der Waals surface area contributed by atoms with Crippen molar-refractivity contribution in [1.82, 2.24) is 0 Å². The lowest BCUT2D eigenvalue weighted by atomic mass is 10.0. The van der Waals surface area contributed by atoms with Gasteiger partial charge in [-0.05, 0) is 128 Å². The van der Waals surface area contributed by atoms with Gasteiger partial charge >= 0.3 is 19.8 Å². The quantitative estimate of drug-likeness (QED) is 0.0264. The third-order valence-electron chi connectivity index (χ3n) is 18.4. The molecule has 0 aliphatic rings. The van der Waals surface area contributed by atoms with Crippen LogP contribution >= 0.6 is 7.82 Å². The number of carbonyl (C=O) groups is 2. The Kier molecular flexibility index (Phi) is 82.9. The summed E-state index contributed by atoms with van der Waals surface area (Å²) >= 11 is 0. The highest BCUT2D eigenvalue weighted by molar-refractivity contribution is 7.47. The summed E-state index contributed by atoms with van der Waals surface area (Å²) in [6.07, 6.45) is 127. The van der Waals surface area contributed by atoms with E-state index in [-0.39, 0.29) is 38.6 Å². The highest BCUT2D eigenvalue weighted by atomic mass is 31.2. The summed E-state index contributed by atoms with van der Waals surface area (Å²) in [5.74, 6) is -0.834. The molecule has 0 aliphatic heterocycles. The van der Waals surface area contributed by atoms with Gasteiger partial charge in [-0.3, -0.25) is 18.6 Å². The fraction of sp³-hybridized carbons (Fsp3) is 0.699. The molecule has 0 saturated heterocycles. The van der Waals surface area contributed by atoms with Gasteiger partial charge in [-0.15, -0.1) is 0 Å². The molecule has 3 N–H and O–H groups in total. The topological polar surface area (TPSA) is 134 Å². The van der Waals surface area contributed by atoms with Crippen LogP contribution in [0, 0.1) is 0 Å². The molecule has 0 aromatic heterocycles. The van der Waals surface area contributed by atoms with Crippen molar-refractivity contribution in [2.45, 2.75) is 392 Å². The SMILES string of the molecule is CC/C=C\C/C=C\C/C=C\C/C=C\C/C=C\C/C=C\C/C=C\C/C=C\C/C=C\C/C=C\C/C=C\CCCCCCCCCC(=O)OC(COC(=O)CCCCCCCCCCCCCCCCCCCCCCCCCCCCCCC/C=C\C/C=C\CCCCCCC)COP(=O)(O)OCCN. The molecule has 10 heteroatoms. The third kappa shape index (κ3) is 86.4. The number of carbonyl (C=O) groups excluding carboxylic acids is 2. The molecule has 0 amide bonds. The van der Waals surface area contributed by atoms with Gasteiger partial charge < -0.3 is 20.1 Å². The number of hydrogen-bond donors (Lipinski definition) is 2. The molecule has 0 saturated carbocycles. The molecule has 103 heavy (non-hydrogen) atoms. The number of rotatable bonds is 80. The van der Waals surface area contributed by atoms with E-state index < -0.39 is 26.5 Å². The predicted molar refractivity (Wildman–Crippen MR) is 450 cm³/mol. The molecule has 0 spiro atoms. The first kappa shape index (κ1) is 98.6. The van der Waals surface area contributed by atoms with Gasteiger partial charge in [0.25, 0.3) is 0 Å². The second kappa shape index (κ2) is 86.5. The van der Waals surface area contributed by atoms with Crippen molar-refractivity contribution in [1.29, 1.82) is 0 Å².